The van der Waals surface area contributed by atoms with E-state index in [0.717, 1.165) is 18.7 Å². The minimum absolute atomic E-state index is 0.0226. The number of alkyl halides is 4. The van der Waals surface area contributed by atoms with E-state index in [1.165, 1.54) is 11.8 Å². The standard InChI is InChI=1S/C9H8Cl2F3NS/c10-2-1-3-16-8-7(11)4-6(5-15-8)9(12,13)14/h4-5H,1-3H2. The maximum absolute atomic E-state index is 12.3. The van der Waals surface area contributed by atoms with E-state index >= 15 is 0 Å². The van der Waals surface area contributed by atoms with Gasteiger partial charge < -0.3 is 0 Å². The second-order valence-corrected chi connectivity index (χ2v) is 4.77. The van der Waals surface area contributed by atoms with Crippen LogP contribution < -0.4 is 0 Å². The first-order valence-corrected chi connectivity index (χ1v) is 6.26. The Balaban J connectivity index is 2.76. The average Bonchev–Trinajstić information content (AvgIpc) is 2.19. The van der Waals surface area contributed by atoms with Crippen LogP contribution in [0.15, 0.2) is 17.3 Å². The summed E-state index contributed by atoms with van der Waals surface area (Å²) in [4.78, 5) is 3.68. The molecular weight excluding hydrogens is 282 g/mol. The summed E-state index contributed by atoms with van der Waals surface area (Å²) in [5.41, 5.74) is -0.834. The minimum Gasteiger partial charge on any atom is -0.248 e. The fourth-order valence-electron chi connectivity index (χ4n) is 0.910. The zero-order valence-corrected chi connectivity index (χ0v) is 10.3. The highest BCUT2D eigenvalue weighted by molar-refractivity contribution is 7.99. The molecule has 0 spiro atoms. The maximum atomic E-state index is 12.3. The zero-order valence-electron chi connectivity index (χ0n) is 8.02. The lowest BCUT2D eigenvalue weighted by molar-refractivity contribution is -0.137. The lowest BCUT2D eigenvalue weighted by Gasteiger charge is -2.08. The highest BCUT2D eigenvalue weighted by Crippen LogP contribution is 2.33. The third-order valence-electron chi connectivity index (χ3n) is 1.65. The van der Waals surface area contributed by atoms with Gasteiger partial charge in [0.2, 0.25) is 0 Å². The van der Waals surface area contributed by atoms with E-state index in [4.69, 9.17) is 23.2 Å². The van der Waals surface area contributed by atoms with Gasteiger partial charge in [0.25, 0.3) is 0 Å². The molecule has 0 saturated heterocycles. The second kappa shape index (κ2) is 5.98. The Hall–Kier alpha value is -0.130. The van der Waals surface area contributed by atoms with Crippen molar-refractivity contribution in [1.82, 2.24) is 4.98 Å². The van der Waals surface area contributed by atoms with Crippen LogP contribution in [0.5, 0.6) is 0 Å². The number of pyridine rings is 1. The van der Waals surface area contributed by atoms with E-state index in [1.807, 2.05) is 0 Å². The third-order valence-corrected chi connectivity index (χ3v) is 3.41. The summed E-state index contributed by atoms with van der Waals surface area (Å²) in [6.07, 6.45) is -2.86. The highest BCUT2D eigenvalue weighted by atomic mass is 35.5. The van der Waals surface area contributed by atoms with Crippen LogP contribution in [-0.2, 0) is 6.18 Å². The largest absolute Gasteiger partial charge is 0.417 e. The van der Waals surface area contributed by atoms with E-state index in [-0.39, 0.29) is 5.02 Å². The van der Waals surface area contributed by atoms with Crippen molar-refractivity contribution >= 4 is 35.0 Å². The number of rotatable bonds is 4. The van der Waals surface area contributed by atoms with Gasteiger partial charge in [-0.25, -0.2) is 4.98 Å². The van der Waals surface area contributed by atoms with Gasteiger partial charge in [-0.2, -0.15) is 13.2 Å². The Bertz CT molecular complexity index is 357. The summed E-state index contributed by atoms with van der Waals surface area (Å²) in [6.45, 7) is 0. The van der Waals surface area contributed by atoms with Crippen molar-refractivity contribution < 1.29 is 13.2 Å². The van der Waals surface area contributed by atoms with E-state index in [2.05, 4.69) is 4.98 Å². The first-order valence-electron chi connectivity index (χ1n) is 4.36. The molecule has 0 aliphatic heterocycles. The zero-order chi connectivity index (χ0) is 12.2. The van der Waals surface area contributed by atoms with Crippen molar-refractivity contribution in [3.05, 3.63) is 22.8 Å². The number of aromatic nitrogens is 1. The molecule has 1 aromatic rings. The molecule has 0 unspecified atom stereocenters. The van der Waals surface area contributed by atoms with Crippen LogP contribution in [0.3, 0.4) is 0 Å². The first kappa shape index (κ1) is 13.9. The van der Waals surface area contributed by atoms with Crippen molar-refractivity contribution in [1.29, 1.82) is 0 Å². The Morgan fingerprint density at radius 1 is 1.38 bits per heavy atom. The molecule has 0 radical (unpaired) electrons. The van der Waals surface area contributed by atoms with Crippen molar-refractivity contribution in [2.75, 3.05) is 11.6 Å². The fourth-order valence-corrected chi connectivity index (χ4v) is 2.34. The highest BCUT2D eigenvalue weighted by Gasteiger charge is 2.31. The van der Waals surface area contributed by atoms with Crippen LogP contribution in [0.4, 0.5) is 13.2 Å². The monoisotopic (exact) mass is 289 g/mol. The molecule has 1 nitrogen and oxygen atoms in total. The summed E-state index contributed by atoms with van der Waals surface area (Å²) in [7, 11) is 0. The van der Waals surface area contributed by atoms with Gasteiger partial charge in [-0.15, -0.1) is 23.4 Å². The topological polar surface area (TPSA) is 12.9 Å². The molecule has 1 rings (SSSR count). The van der Waals surface area contributed by atoms with Gasteiger partial charge in [0.05, 0.1) is 10.6 Å². The van der Waals surface area contributed by atoms with Crippen LogP contribution in [0.25, 0.3) is 0 Å². The molecule has 0 N–H and O–H groups in total. The Kier molecular flexibility index (Phi) is 5.21. The van der Waals surface area contributed by atoms with Crippen LogP contribution in [0.2, 0.25) is 5.02 Å². The molecule has 90 valence electrons. The van der Waals surface area contributed by atoms with Gasteiger partial charge >= 0.3 is 6.18 Å². The molecule has 7 heteroatoms. The smallest absolute Gasteiger partial charge is 0.248 e. The molecule has 0 saturated carbocycles. The van der Waals surface area contributed by atoms with Crippen molar-refractivity contribution in [3.63, 3.8) is 0 Å². The van der Waals surface area contributed by atoms with E-state index in [0.29, 0.717) is 16.7 Å². The summed E-state index contributed by atoms with van der Waals surface area (Å²) in [5, 5.41) is 0.425. The quantitative estimate of drug-likeness (QED) is 0.461. The second-order valence-electron chi connectivity index (χ2n) is 2.90. The number of hydrogen-bond acceptors (Lipinski definition) is 2. The van der Waals surface area contributed by atoms with Crippen molar-refractivity contribution in [3.8, 4) is 0 Å². The van der Waals surface area contributed by atoms with Gasteiger partial charge in [-0.1, -0.05) is 11.6 Å². The summed E-state index contributed by atoms with van der Waals surface area (Å²) in [5.74, 6) is 1.19. The number of hydrogen-bond donors (Lipinski definition) is 0. The van der Waals surface area contributed by atoms with E-state index in [9.17, 15) is 13.2 Å². The molecule has 1 heterocycles. The lowest BCUT2D eigenvalue weighted by Crippen LogP contribution is -2.05. The molecule has 0 atom stereocenters. The number of nitrogens with zero attached hydrogens (tertiary/aromatic N) is 1. The predicted molar refractivity (Wildman–Crippen MR) is 60.3 cm³/mol. The molecule has 0 amide bonds. The predicted octanol–water partition coefficient (Wildman–Crippen LogP) is 4.47. The van der Waals surface area contributed by atoms with E-state index < -0.39 is 11.7 Å². The Morgan fingerprint density at radius 3 is 2.56 bits per heavy atom. The van der Waals surface area contributed by atoms with Crippen molar-refractivity contribution in [2.24, 2.45) is 0 Å². The van der Waals surface area contributed by atoms with Gasteiger partial charge in [0.15, 0.2) is 0 Å². The lowest BCUT2D eigenvalue weighted by atomic mass is 10.3. The van der Waals surface area contributed by atoms with Crippen LogP contribution in [0.1, 0.15) is 12.0 Å². The fraction of sp³-hybridized carbons (Fsp3) is 0.444. The Labute approximate surface area is 105 Å². The Morgan fingerprint density at radius 2 is 2.06 bits per heavy atom. The normalized spacial score (nSPS) is 11.8. The molecular formula is C9H8Cl2F3NS. The summed E-state index contributed by atoms with van der Waals surface area (Å²) in [6, 6.07) is 0.886. The molecule has 0 aromatic carbocycles. The molecule has 0 aliphatic carbocycles. The number of thioether (sulfide) groups is 1. The molecule has 0 fully saturated rings. The van der Waals surface area contributed by atoms with Gasteiger partial charge in [-0.05, 0) is 12.5 Å². The summed E-state index contributed by atoms with van der Waals surface area (Å²) < 4.78 is 36.8. The summed E-state index contributed by atoms with van der Waals surface area (Å²) >= 11 is 12.5. The molecule has 16 heavy (non-hydrogen) atoms. The van der Waals surface area contributed by atoms with Crippen molar-refractivity contribution in [2.45, 2.75) is 17.6 Å². The SMILES string of the molecule is FC(F)(F)c1cnc(SCCCCl)c(Cl)c1. The van der Waals surface area contributed by atoms with Gasteiger partial charge in [0.1, 0.15) is 5.03 Å². The third kappa shape index (κ3) is 4.03. The molecule has 1 aromatic heterocycles. The van der Waals surface area contributed by atoms with Gasteiger partial charge in [0, 0.05) is 17.8 Å². The van der Waals surface area contributed by atoms with Crippen LogP contribution >= 0.6 is 35.0 Å². The van der Waals surface area contributed by atoms with Crippen LogP contribution in [-0.4, -0.2) is 16.6 Å². The molecule has 0 bridgehead atoms. The number of halogens is 5. The van der Waals surface area contributed by atoms with Crippen LogP contribution in [0, 0.1) is 0 Å². The first-order chi connectivity index (χ1) is 7.45. The van der Waals surface area contributed by atoms with Gasteiger partial charge in [-0.3, -0.25) is 0 Å². The molecule has 0 aliphatic rings. The average molecular weight is 290 g/mol. The maximum Gasteiger partial charge on any atom is 0.417 e. The van der Waals surface area contributed by atoms with E-state index in [1.54, 1.807) is 0 Å². The minimum atomic E-state index is -4.41.